The van der Waals surface area contributed by atoms with Gasteiger partial charge in [0.25, 0.3) is 5.91 Å². The molecule has 37 heavy (non-hydrogen) atoms. The number of thiophene rings is 1. The number of halogens is 1. The van der Waals surface area contributed by atoms with E-state index < -0.39 is 23.7 Å². The maximum absolute atomic E-state index is 14.0. The predicted molar refractivity (Wildman–Crippen MR) is 138 cm³/mol. The zero-order chi connectivity index (χ0) is 26.4. The quantitative estimate of drug-likeness (QED) is 0.216. The zero-order valence-corrected chi connectivity index (χ0v) is 20.1. The SMILES string of the molecule is NCc1ccc(F)c(NC(=O)Nc2ccc(Oc3ccnc4cc(C(=O)NCCC(=O)O)sc34)cc2)c1. The van der Waals surface area contributed by atoms with Gasteiger partial charge < -0.3 is 31.5 Å². The number of nitrogens with one attached hydrogen (secondary N) is 3. The number of fused-ring (bicyclic) bond motifs is 1. The molecular formula is C25H22FN5O5S. The van der Waals surface area contributed by atoms with E-state index in [9.17, 15) is 18.8 Å². The van der Waals surface area contributed by atoms with Gasteiger partial charge in [-0.05, 0) is 48.0 Å². The summed E-state index contributed by atoms with van der Waals surface area (Å²) in [5.41, 5.74) is 7.28. The Morgan fingerprint density at radius 3 is 2.57 bits per heavy atom. The number of nitrogens with two attached hydrogens (primary N) is 1. The molecule has 6 N–H and O–H groups in total. The first-order valence-electron chi connectivity index (χ1n) is 11.1. The van der Waals surface area contributed by atoms with Crippen LogP contribution in [0.5, 0.6) is 11.5 Å². The molecule has 4 aromatic rings. The number of hydrogen-bond donors (Lipinski definition) is 5. The molecule has 0 fully saturated rings. The molecule has 190 valence electrons. The summed E-state index contributed by atoms with van der Waals surface area (Å²) in [5.74, 6) is -1.01. The Morgan fingerprint density at radius 2 is 1.84 bits per heavy atom. The van der Waals surface area contributed by atoms with E-state index in [1.807, 2.05) is 0 Å². The van der Waals surface area contributed by atoms with Crippen molar-refractivity contribution in [3.8, 4) is 11.5 Å². The highest BCUT2D eigenvalue weighted by Crippen LogP contribution is 2.35. The number of aliphatic carboxylic acids is 1. The first-order chi connectivity index (χ1) is 17.8. The van der Waals surface area contributed by atoms with Crippen molar-refractivity contribution >= 4 is 50.8 Å². The first kappa shape index (κ1) is 25.5. The van der Waals surface area contributed by atoms with Gasteiger partial charge in [-0.1, -0.05) is 6.07 Å². The average molecular weight is 524 g/mol. The lowest BCUT2D eigenvalue weighted by atomic mass is 10.2. The molecule has 4 rings (SSSR count). The molecule has 10 nitrogen and oxygen atoms in total. The van der Waals surface area contributed by atoms with E-state index in [1.165, 1.54) is 23.5 Å². The maximum Gasteiger partial charge on any atom is 0.323 e. The smallest absolute Gasteiger partial charge is 0.323 e. The molecule has 0 aliphatic heterocycles. The Morgan fingerprint density at radius 1 is 1.05 bits per heavy atom. The van der Waals surface area contributed by atoms with Gasteiger partial charge in [-0.25, -0.2) is 9.18 Å². The third kappa shape index (κ3) is 6.57. The third-order valence-electron chi connectivity index (χ3n) is 5.08. The molecule has 0 atom stereocenters. The van der Waals surface area contributed by atoms with Gasteiger partial charge in [0, 0.05) is 31.0 Å². The molecule has 0 spiro atoms. The summed E-state index contributed by atoms with van der Waals surface area (Å²) < 4.78 is 20.6. The molecule has 0 aliphatic rings. The zero-order valence-electron chi connectivity index (χ0n) is 19.3. The molecule has 0 aliphatic carbocycles. The van der Waals surface area contributed by atoms with Gasteiger partial charge in [-0.15, -0.1) is 11.3 Å². The highest BCUT2D eigenvalue weighted by Gasteiger charge is 2.15. The lowest BCUT2D eigenvalue weighted by Gasteiger charge is -2.11. The fourth-order valence-electron chi connectivity index (χ4n) is 3.29. The van der Waals surface area contributed by atoms with E-state index in [4.69, 9.17) is 15.6 Å². The number of anilines is 2. The summed E-state index contributed by atoms with van der Waals surface area (Å²) in [5, 5.41) is 16.4. The standard InChI is InChI=1S/C25H22FN5O5S/c26-17-6-1-14(13-27)11-18(17)31-25(35)30-15-2-4-16(5-3-15)36-20-7-9-28-19-12-21(37-23(19)20)24(34)29-10-8-22(32)33/h1-7,9,11-12H,8,10,13,27H2,(H,29,34)(H,32,33)(H2,30,31,35). The Bertz CT molecular complexity index is 1460. The predicted octanol–water partition coefficient (Wildman–Crippen LogP) is 4.53. The van der Waals surface area contributed by atoms with Gasteiger partial charge in [0.05, 0.1) is 27.2 Å². The van der Waals surface area contributed by atoms with Crippen LogP contribution in [0, 0.1) is 5.82 Å². The largest absolute Gasteiger partial charge is 0.481 e. The van der Waals surface area contributed by atoms with Gasteiger partial charge in [-0.2, -0.15) is 0 Å². The minimum absolute atomic E-state index is 0.0205. The molecule has 0 radical (unpaired) electrons. The van der Waals surface area contributed by atoms with Crippen molar-refractivity contribution in [2.45, 2.75) is 13.0 Å². The third-order valence-corrected chi connectivity index (χ3v) is 6.22. The molecule has 2 aromatic carbocycles. The van der Waals surface area contributed by atoms with Crippen molar-refractivity contribution in [2.24, 2.45) is 5.73 Å². The molecule has 3 amide bonds. The highest BCUT2D eigenvalue weighted by atomic mass is 32.1. The molecule has 0 saturated heterocycles. The summed E-state index contributed by atoms with van der Waals surface area (Å²) in [6, 6.07) is 13.4. The fourth-order valence-corrected chi connectivity index (χ4v) is 4.27. The van der Waals surface area contributed by atoms with Crippen LogP contribution in [0.2, 0.25) is 0 Å². The molecule has 0 unspecified atom stereocenters. The van der Waals surface area contributed by atoms with E-state index in [0.29, 0.717) is 37.8 Å². The number of benzene rings is 2. The van der Waals surface area contributed by atoms with Crippen LogP contribution in [0.15, 0.2) is 60.8 Å². The summed E-state index contributed by atoms with van der Waals surface area (Å²) in [4.78, 5) is 39.9. The summed E-state index contributed by atoms with van der Waals surface area (Å²) >= 11 is 1.18. The van der Waals surface area contributed by atoms with E-state index in [0.717, 1.165) is 0 Å². The van der Waals surface area contributed by atoms with Crippen LogP contribution in [0.25, 0.3) is 10.2 Å². The number of carboxylic acids is 1. The normalized spacial score (nSPS) is 10.6. The van der Waals surface area contributed by atoms with Crippen molar-refractivity contribution in [2.75, 3.05) is 17.2 Å². The van der Waals surface area contributed by atoms with Crippen molar-refractivity contribution in [1.82, 2.24) is 10.3 Å². The number of urea groups is 1. The first-order valence-corrected chi connectivity index (χ1v) is 11.9. The monoisotopic (exact) mass is 523 g/mol. The number of pyridine rings is 1. The van der Waals surface area contributed by atoms with Crippen LogP contribution in [0.4, 0.5) is 20.6 Å². The van der Waals surface area contributed by atoms with Gasteiger partial charge in [0.2, 0.25) is 0 Å². The van der Waals surface area contributed by atoms with Crippen LogP contribution < -0.4 is 26.4 Å². The van der Waals surface area contributed by atoms with E-state index >= 15 is 0 Å². The van der Waals surface area contributed by atoms with Crippen molar-refractivity contribution < 1.29 is 28.6 Å². The molecule has 2 aromatic heterocycles. The Hall–Kier alpha value is -4.55. The average Bonchev–Trinajstić information content (AvgIpc) is 3.32. The second-order valence-corrected chi connectivity index (χ2v) is 8.81. The number of hydrogen-bond acceptors (Lipinski definition) is 7. The van der Waals surface area contributed by atoms with Crippen LogP contribution in [-0.2, 0) is 11.3 Å². The number of carbonyl (C=O) groups is 3. The topological polar surface area (TPSA) is 156 Å². The van der Waals surface area contributed by atoms with Crippen molar-refractivity contribution in [3.63, 3.8) is 0 Å². The lowest BCUT2D eigenvalue weighted by Crippen LogP contribution is -2.25. The van der Waals surface area contributed by atoms with Crippen LogP contribution in [-0.4, -0.2) is 34.5 Å². The molecular weight excluding hydrogens is 501 g/mol. The van der Waals surface area contributed by atoms with Gasteiger partial charge in [-0.3, -0.25) is 14.6 Å². The number of rotatable bonds is 9. The minimum Gasteiger partial charge on any atom is -0.481 e. The van der Waals surface area contributed by atoms with E-state index in [1.54, 1.807) is 48.7 Å². The van der Waals surface area contributed by atoms with Crippen molar-refractivity contribution in [3.05, 3.63) is 77.1 Å². The summed E-state index contributed by atoms with van der Waals surface area (Å²) in [7, 11) is 0. The van der Waals surface area contributed by atoms with E-state index in [2.05, 4.69) is 20.9 Å². The van der Waals surface area contributed by atoms with Gasteiger partial charge >= 0.3 is 12.0 Å². The van der Waals surface area contributed by atoms with Crippen molar-refractivity contribution in [1.29, 1.82) is 0 Å². The Balaban J connectivity index is 1.40. The number of ether oxygens (including phenoxy) is 1. The van der Waals surface area contributed by atoms with Crippen LogP contribution >= 0.6 is 11.3 Å². The minimum atomic E-state index is -0.998. The molecule has 0 saturated carbocycles. The number of carbonyl (C=O) groups excluding carboxylic acids is 2. The van der Waals surface area contributed by atoms with Crippen LogP contribution in [0.3, 0.4) is 0 Å². The van der Waals surface area contributed by atoms with E-state index in [-0.39, 0.29) is 25.2 Å². The fraction of sp³-hybridized carbons (Fsp3) is 0.120. The Labute approximate surface area is 214 Å². The second-order valence-electron chi connectivity index (χ2n) is 7.76. The maximum atomic E-state index is 14.0. The Kier molecular flexibility index (Phi) is 7.91. The molecule has 12 heteroatoms. The second kappa shape index (κ2) is 11.5. The lowest BCUT2D eigenvalue weighted by molar-refractivity contribution is -0.136. The number of nitrogens with zero attached hydrogens (tertiary/aromatic N) is 1. The number of carboxylic acid groups (broad SMARTS) is 1. The summed E-state index contributed by atoms with van der Waals surface area (Å²) in [6.45, 7) is 0.237. The summed E-state index contributed by atoms with van der Waals surface area (Å²) in [6.07, 6.45) is 1.38. The number of aromatic nitrogens is 1. The number of amides is 3. The molecule has 0 bridgehead atoms. The van der Waals surface area contributed by atoms with Crippen LogP contribution in [0.1, 0.15) is 21.7 Å². The van der Waals surface area contributed by atoms with Gasteiger partial charge in [0.1, 0.15) is 17.3 Å². The molecule has 2 heterocycles. The highest BCUT2D eigenvalue weighted by molar-refractivity contribution is 7.21. The van der Waals surface area contributed by atoms with Gasteiger partial charge in [0.15, 0.2) is 0 Å².